The molecule has 4 aliphatic rings. The third-order valence-corrected chi connectivity index (χ3v) is 15.3. The van der Waals surface area contributed by atoms with Crippen LogP contribution in [0.2, 0.25) is 5.02 Å². The normalized spacial score (nSPS) is 24.8. The van der Waals surface area contributed by atoms with E-state index in [1.807, 2.05) is 13.2 Å². The summed E-state index contributed by atoms with van der Waals surface area (Å²) in [4.78, 5) is 20.5. The lowest BCUT2D eigenvalue weighted by atomic mass is 9.63. The lowest BCUT2D eigenvalue weighted by Crippen LogP contribution is -2.59. The topological polar surface area (TPSA) is 126 Å². The lowest BCUT2D eigenvalue weighted by Gasteiger charge is -2.52. The largest absolute Gasteiger partial charge is 0.490 e. The van der Waals surface area contributed by atoms with Crippen molar-refractivity contribution in [1.29, 1.82) is 0 Å². The van der Waals surface area contributed by atoms with E-state index in [-0.39, 0.29) is 28.6 Å². The van der Waals surface area contributed by atoms with Gasteiger partial charge in [-0.05, 0) is 106 Å². The second-order valence-electron chi connectivity index (χ2n) is 16.5. The Labute approximate surface area is 333 Å². The van der Waals surface area contributed by atoms with Crippen LogP contribution in [0.5, 0.6) is 5.75 Å². The van der Waals surface area contributed by atoms with Crippen molar-refractivity contribution in [3.05, 3.63) is 70.3 Å². The number of methoxy groups -OCH3 is 1. The molecule has 2 aromatic rings. The summed E-state index contributed by atoms with van der Waals surface area (Å²) in [6, 6.07) is 11.5. The minimum Gasteiger partial charge on any atom is -0.490 e. The molecule has 2 aromatic carbocycles. The van der Waals surface area contributed by atoms with Gasteiger partial charge in [-0.1, -0.05) is 36.7 Å². The fourth-order valence-corrected chi connectivity index (χ4v) is 10.4. The maximum absolute atomic E-state index is 13.4. The number of allylic oxidation sites excluding steroid dienone is 1. The number of nitrogens with zero attached hydrogens (tertiary/aromatic N) is 3. The third-order valence-electron chi connectivity index (χ3n) is 12.4. The zero-order chi connectivity index (χ0) is 39.6. The van der Waals surface area contributed by atoms with E-state index in [4.69, 9.17) is 21.1 Å². The standard InChI is InChI=1S/C41H59ClN4O7S2/c1-6-7-17-41(52-4,28-45-20-18-44(19-21-45)22-23-54(5,48)49)36-13-10-33(36)26-46-27-40(16-8-9-31-24-34(42)12-14-35(31)40)29-53-38-15-11-32(25-37(38)46)39(47)43-55(50,51)30(2)3/h7,11-12,14-15,17,24-25,30,33,36H,6,8-10,13,16,18-23,26-29H2,1-5H3,(H,43,47)/b17-7+/t33-,36+,40-,41+/m0/s1. The van der Waals surface area contributed by atoms with Crippen LogP contribution in [0.3, 0.4) is 0 Å². The van der Waals surface area contributed by atoms with Gasteiger partial charge in [0.2, 0.25) is 10.0 Å². The average molecular weight is 820 g/mol. The van der Waals surface area contributed by atoms with Gasteiger partial charge in [-0.15, -0.1) is 0 Å². The Morgan fingerprint density at radius 3 is 2.49 bits per heavy atom. The minimum absolute atomic E-state index is 0.173. The van der Waals surface area contributed by atoms with Crippen molar-refractivity contribution < 1.29 is 31.1 Å². The van der Waals surface area contributed by atoms with E-state index < -0.39 is 36.6 Å². The van der Waals surface area contributed by atoms with E-state index in [1.165, 1.54) is 17.4 Å². The molecule has 1 saturated carbocycles. The molecule has 2 aliphatic heterocycles. The molecule has 0 unspecified atom stereocenters. The van der Waals surface area contributed by atoms with E-state index in [0.717, 1.165) is 82.0 Å². The molecule has 1 saturated heterocycles. The molecule has 11 nitrogen and oxygen atoms in total. The first-order valence-electron chi connectivity index (χ1n) is 19.8. The summed E-state index contributed by atoms with van der Waals surface area (Å²) < 4.78 is 64.5. The summed E-state index contributed by atoms with van der Waals surface area (Å²) >= 11 is 6.49. The molecule has 14 heteroatoms. The van der Waals surface area contributed by atoms with Crippen LogP contribution < -0.4 is 14.4 Å². The average Bonchev–Trinajstić information content (AvgIpc) is 3.28. The maximum Gasteiger partial charge on any atom is 0.264 e. The van der Waals surface area contributed by atoms with Gasteiger partial charge >= 0.3 is 0 Å². The summed E-state index contributed by atoms with van der Waals surface area (Å²) in [6.07, 6.45) is 11.6. The molecule has 1 N–H and O–H groups in total. The first-order chi connectivity index (χ1) is 26.1. The predicted octanol–water partition coefficient (Wildman–Crippen LogP) is 5.32. The van der Waals surface area contributed by atoms with Crippen molar-refractivity contribution in [2.24, 2.45) is 11.8 Å². The second kappa shape index (κ2) is 17.0. The smallest absolute Gasteiger partial charge is 0.264 e. The van der Waals surface area contributed by atoms with Crippen molar-refractivity contribution in [2.45, 2.75) is 75.6 Å². The van der Waals surface area contributed by atoms with Crippen LogP contribution in [0.15, 0.2) is 48.6 Å². The summed E-state index contributed by atoms with van der Waals surface area (Å²) in [7, 11) is -5.02. The number of carbonyl (C=O) groups is 1. The van der Waals surface area contributed by atoms with Crippen LogP contribution in [0, 0.1) is 11.8 Å². The van der Waals surface area contributed by atoms with Gasteiger partial charge < -0.3 is 14.4 Å². The highest BCUT2D eigenvalue weighted by atomic mass is 35.5. The zero-order valence-electron chi connectivity index (χ0n) is 33.1. The molecule has 6 rings (SSSR count). The van der Waals surface area contributed by atoms with Gasteiger partial charge in [0.15, 0.2) is 0 Å². The minimum atomic E-state index is -3.83. The highest BCUT2D eigenvalue weighted by Crippen LogP contribution is 2.49. The summed E-state index contributed by atoms with van der Waals surface area (Å²) in [6.45, 7) is 11.7. The molecule has 2 fully saturated rings. The number of rotatable bonds is 14. The zero-order valence-corrected chi connectivity index (χ0v) is 35.4. The number of aryl methyl sites for hydroxylation is 1. The molecule has 4 atom stereocenters. The molecule has 1 amide bonds. The fourth-order valence-electron chi connectivity index (χ4n) is 8.99. The van der Waals surface area contributed by atoms with Crippen LogP contribution in [0.4, 0.5) is 5.69 Å². The number of hydrogen-bond acceptors (Lipinski definition) is 10. The number of anilines is 1. The molecule has 1 spiro atoms. The second-order valence-corrected chi connectivity index (χ2v) is 21.4. The number of benzene rings is 2. The fraction of sp³-hybridized carbons (Fsp3) is 0.634. The first kappa shape index (κ1) is 41.9. The van der Waals surface area contributed by atoms with E-state index in [2.05, 4.69) is 50.6 Å². The van der Waals surface area contributed by atoms with E-state index in [1.54, 1.807) is 32.0 Å². The molecule has 0 bridgehead atoms. The summed E-state index contributed by atoms with van der Waals surface area (Å²) in [5.74, 6) is 0.690. The predicted molar refractivity (Wildman–Crippen MR) is 220 cm³/mol. The number of ether oxygens (including phenoxy) is 2. The SMILES string of the molecule is CC/C=C/[C@](CN1CCN(CCS(C)(=O)=O)CC1)(OC)[C@@H]1CC[C@H]1CN1C[C@@]2(CCCc3cc(Cl)ccc32)COc2ccc(C(=O)NS(=O)(=O)C(C)C)cc21. The lowest BCUT2D eigenvalue weighted by molar-refractivity contribution is -0.0953. The van der Waals surface area contributed by atoms with Gasteiger partial charge in [0, 0.05) is 81.7 Å². The van der Waals surface area contributed by atoms with Crippen LogP contribution in [-0.2, 0) is 36.4 Å². The Morgan fingerprint density at radius 2 is 1.84 bits per heavy atom. The third kappa shape index (κ3) is 9.55. The molecular weight excluding hydrogens is 760 g/mol. The molecular formula is C41H59ClN4O7S2. The summed E-state index contributed by atoms with van der Waals surface area (Å²) in [5, 5.41) is -0.0277. The number of carbonyl (C=O) groups excluding carboxylic acids is 1. The van der Waals surface area contributed by atoms with Crippen LogP contribution in [0.25, 0.3) is 0 Å². The molecule has 2 aliphatic carbocycles. The Kier molecular flexibility index (Phi) is 13.0. The number of sulfonamides is 1. The van der Waals surface area contributed by atoms with Crippen molar-refractivity contribution in [3.63, 3.8) is 0 Å². The summed E-state index contributed by atoms with van der Waals surface area (Å²) in [5.41, 5.74) is 2.72. The Morgan fingerprint density at radius 1 is 1.09 bits per heavy atom. The van der Waals surface area contributed by atoms with Gasteiger partial charge in [0.25, 0.3) is 5.91 Å². The number of hydrogen-bond donors (Lipinski definition) is 1. The number of halogens is 1. The molecule has 2 heterocycles. The molecule has 0 radical (unpaired) electrons. The van der Waals surface area contributed by atoms with Crippen molar-refractivity contribution >= 4 is 43.1 Å². The first-order valence-corrected chi connectivity index (χ1v) is 23.8. The van der Waals surface area contributed by atoms with E-state index in [9.17, 15) is 21.6 Å². The van der Waals surface area contributed by atoms with E-state index in [0.29, 0.717) is 32.0 Å². The Bertz CT molecular complexity index is 1950. The molecule has 55 heavy (non-hydrogen) atoms. The van der Waals surface area contributed by atoms with Crippen LogP contribution in [-0.4, -0.2) is 121 Å². The maximum atomic E-state index is 13.4. The number of fused-ring (bicyclic) bond motifs is 3. The van der Waals surface area contributed by atoms with Gasteiger partial charge in [-0.25, -0.2) is 21.6 Å². The van der Waals surface area contributed by atoms with Gasteiger partial charge in [-0.3, -0.25) is 14.6 Å². The van der Waals surface area contributed by atoms with Gasteiger partial charge in [0.05, 0.1) is 23.3 Å². The Balaban J connectivity index is 1.30. The number of nitrogens with one attached hydrogen (secondary N) is 1. The Hall–Kier alpha value is -2.68. The monoisotopic (exact) mass is 818 g/mol. The quantitative estimate of drug-likeness (QED) is 0.251. The van der Waals surface area contributed by atoms with Crippen LogP contribution in [0.1, 0.15) is 74.4 Å². The van der Waals surface area contributed by atoms with Gasteiger partial charge in [-0.2, -0.15) is 0 Å². The van der Waals surface area contributed by atoms with Crippen LogP contribution >= 0.6 is 11.6 Å². The highest BCUT2D eigenvalue weighted by molar-refractivity contribution is 7.90. The number of sulfone groups is 1. The number of amides is 1. The van der Waals surface area contributed by atoms with Crippen molar-refractivity contribution in [1.82, 2.24) is 14.5 Å². The molecule has 304 valence electrons. The van der Waals surface area contributed by atoms with E-state index >= 15 is 0 Å². The van der Waals surface area contributed by atoms with Crippen molar-refractivity contribution in [2.75, 3.05) is 83.0 Å². The molecule has 0 aromatic heterocycles. The highest BCUT2D eigenvalue weighted by Gasteiger charge is 2.49. The number of piperazine rings is 1. The van der Waals surface area contributed by atoms with Crippen molar-refractivity contribution in [3.8, 4) is 5.75 Å². The van der Waals surface area contributed by atoms with Gasteiger partial charge in [0.1, 0.15) is 21.2 Å².